The third kappa shape index (κ3) is 8.07. The number of benzene rings is 4. The summed E-state index contributed by atoms with van der Waals surface area (Å²) < 4.78 is 14.0. The molecule has 4 nitrogen and oxygen atoms in total. The van der Waals surface area contributed by atoms with E-state index in [9.17, 15) is 4.79 Å². The van der Waals surface area contributed by atoms with Crippen LogP contribution in [0.25, 0.3) is 0 Å². The molecule has 0 aliphatic heterocycles. The van der Waals surface area contributed by atoms with Crippen molar-refractivity contribution in [1.82, 2.24) is 0 Å². The highest BCUT2D eigenvalue weighted by atomic mass is 79.9. The summed E-state index contributed by atoms with van der Waals surface area (Å²) in [6.45, 7) is 13.3. The van der Waals surface area contributed by atoms with Crippen LogP contribution in [0.1, 0.15) is 58.2 Å². The van der Waals surface area contributed by atoms with Crippen LogP contribution in [0, 0.1) is 0 Å². The molecule has 0 bridgehead atoms. The van der Waals surface area contributed by atoms with Crippen molar-refractivity contribution < 1.29 is 14.0 Å². The molecule has 4 aromatic carbocycles. The molecule has 1 amide bonds. The molecule has 0 fully saturated rings. The average molecular weight is 724 g/mol. The third-order valence-electron chi connectivity index (χ3n) is 7.30. The van der Waals surface area contributed by atoms with Gasteiger partial charge in [-0.05, 0) is 71.1 Å². The second-order valence-corrected chi connectivity index (χ2v) is 18.5. The Labute approximate surface area is 274 Å². The Morgan fingerprint density at radius 3 is 1.91 bits per heavy atom. The summed E-state index contributed by atoms with van der Waals surface area (Å²) >= 11 is 7.24. The first-order valence-electron chi connectivity index (χ1n) is 14.5. The molecule has 0 N–H and O–H groups in total. The standard InChI is InChI=1S/C36H41Br2NO3Si/c1-35(2,3)42-34(40)39(25-29-22-27(24-37)20-21-33(29)38)30-15-13-14-28(23-30)26-41-43(36(4,5)6,31-16-9-7-10-17-31)32-18-11-8-12-19-32/h7-23H,24-26H2,1-6H3. The van der Waals surface area contributed by atoms with Crippen molar-refractivity contribution in [3.8, 4) is 0 Å². The number of nitrogens with zero attached hydrogens (tertiary/aromatic N) is 1. The van der Waals surface area contributed by atoms with Crippen LogP contribution in [-0.2, 0) is 27.6 Å². The first kappa shape index (κ1) is 33.2. The lowest BCUT2D eigenvalue weighted by Crippen LogP contribution is -2.66. The van der Waals surface area contributed by atoms with Gasteiger partial charge in [-0.15, -0.1) is 0 Å². The maximum absolute atomic E-state index is 13.6. The molecular weight excluding hydrogens is 682 g/mol. The highest BCUT2D eigenvalue weighted by molar-refractivity contribution is 9.10. The summed E-state index contributed by atoms with van der Waals surface area (Å²) in [7, 11) is -2.73. The summed E-state index contributed by atoms with van der Waals surface area (Å²) in [5, 5.41) is 3.06. The minimum atomic E-state index is -2.73. The molecule has 0 spiro atoms. The van der Waals surface area contributed by atoms with Crippen molar-refractivity contribution in [1.29, 1.82) is 0 Å². The van der Waals surface area contributed by atoms with Crippen LogP contribution in [0.2, 0.25) is 5.04 Å². The zero-order valence-electron chi connectivity index (χ0n) is 25.9. The van der Waals surface area contributed by atoms with Gasteiger partial charge >= 0.3 is 6.09 Å². The van der Waals surface area contributed by atoms with Gasteiger partial charge in [-0.25, -0.2) is 4.79 Å². The number of amides is 1. The van der Waals surface area contributed by atoms with Crippen LogP contribution in [0.5, 0.6) is 0 Å². The van der Waals surface area contributed by atoms with Crippen LogP contribution in [-0.4, -0.2) is 20.0 Å². The van der Waals surface area contributed by atoms with Gasteiger partial charge in [0, 0.05) is 15.5 Å². The second kappa shape index (κ2) is 13.9. The SMILES string of the molecule is CC(C)(C)OC(=O)N(Cc1cc(CBr)ccc1Br)c1cccc(CO[Si](c2ccccc2)(c2ccccc2)C(C)(C)C)c1. The summed E-state index contributed by atoms with van der Waals surface area (Å²) in [4.78, 5) is 15.3. The van der Waals surface area contributed by atoms with Gasteiger partial charge in [0.15, 0.2) is 0 Å². The van der Waals surface area contributed by atoms with Crippen LogP contribution < -0.4 is 15.3 Å². The predicted octanol–water partition coefficient (Wildman–Crippen LogP) is 9.36. The number of anilines is 1. The Kier molecular flexibility index (Phi) is 10.8. The van der Waals surface area contributed by atoms with E-state index in [-0.39, 0.29) is 5.04 Å². The van der Waals surface area contributed by atoms with Crippen LogP contribution in [0.15, 0.2) is 108 Å². The van der Waals surface area contributed by atoms with E-state index < -0.39 is 20.0 Å². The van der Waals surface area contributed by atoms with Crippen molar-refractivity contribution in [3.63, 3.8) is 0 Å². The molecule has 0 aromatic heterocycles. The third-order valence-corrected chi connectivity index (χ3v) is 13.7. The molecule has 0 radical (unpaired) electrons. The van der Waals surface area contributed by atoms with E-state index in [1.165, 1.54) is 10.4 Å². The maximum Gasteiger partial charge on any atom is 0.415 e. The second-order valence-electron chi connectivity index (χ2n) is 12.7. The van der Waals surface area contributed by atoms with Gasteiger partial charge in [0.1, 0.15) is 5.60 Å². The highest BCUT2D eigenvalue weighted by Gasteiger charge is 2.50. The Hall–Kier alpha value is -2.71. The number of hydrogen-bond acceptors (Lipinski definition) is 3. The van der Waals surface area contributed by atoms with E-state index >= 15 is 0 Å². The van der Waals surface area contributed by atoms with Gasteiger partial charge in [-0.1, -0.05) is 138 Å². The van der Waals surface area contributed by atoms with E-state index in [2.05, 4.69) is 131 Å². The first-order chi connectivity index (χ1) is 20.3. The van der Waals surface area contributed by atoms with Crippen molar-refractivity contribution in [2.75, 3.05) is 4.90 Å². The summed E-state index contributed by atoms with van der Waals surface area (Å²) in [6, 6.07) is 35.5. The van der Waals surface area contributed by atoms with Crippen molar-refractivity contribution in [2.24, 2.45) is 0 Å². The fraction of sp³-hybridized carbons (Fsp3) is 0.306. The van der Waals surface area contributed by atoms with E-state index in [0.717, 1.165) is 32.2 Å². The number of alkyl halides is 1. The number of halogens is 2. The fourth-order valence-corrected chi connectivity index (χ4v) is 10.6. The lowest BCUT2D eigenvalue weighted by molar-refractivity contribution is 0.0577. The molecule has 226 valence electrons. The van der Waals surface area contributed by atoms with E-state index in [4.69, 9.17) is 9.16 Å². The predicted molar refractivity (Wildman–Crippen MR) is 188 cm³/mol. The van der Waals surface area contributed by atoms with Crippen LogP contribution in [0.3, 0.4) is 0 Å². The summed E-state index contributed by atoms with van der Waals surface area (Å²) in [5.41, 5.74) is 3.25. The van der Waals surface area contributed by atoms with Gasteiger partial charge in [0.05, 0.1) is 13.2 Å². The highest BCUT2D eigenvalue weighted by Crippen LogP contribution is 2.37. The van der Waals surface area contributed by atoms with Crippen molar-refractivity contribution in [2.45, 2.75) is 70.7 Å². The minimum absolute atomic E-state index is 0.136. The molecule has 0 aliphatic carbocycles. The quantitative estimate of drug-likeness (QED) is 0.128. The summed E-state index contributed by atoms with van der Waals surface area (Å²) in [6.07, 6.45) is -0.395. The van der Waals surface area contributed by atoms with Crippen LogP contribution in [0.4, 0.5) is 10.5 Å². The Morgan fingerprint density at radius 2 is 1.37 bits per heavy atom. The van der Waals surface area contributed by atoms with Crippen LogP contribution >= 0.6 is 31.9 Å². The Bertz CT molecular complexity index is 1480. The Morgan fingerprint density at radius 1 is 0.767 bits per heavy atom. The number of carbonyl (C=O) groups is 1. The Balaban J connectivity index is 1.73. The number of carbonyl (C=O) groups excluding carboxylic acids is 1. The lowest BCUT2D eigenvalue weighted by atomic mass is 10.1. The molecule has 0 heterocycles. The topological polar surface area (TPSA) is 38.8 Å². The average Bonchev–Trinajstić information content (AvgIpc) is 2.96. The maximum atomic E-state index is 13.6. The minimum Gasteiger partial charge on any atom is -0.443 e. The fourth-order valence-electron chi connectivity index (χ4n) is 5.35. The molecule has 4 rings (SSSR count). The van der Waals surface area contributed by atoms with E-state index in [1.54, 1.807) is 4.90 Å². The number of ether oxygens (including phenoxy) is 1. The van der Waals surface area contributed by atoms with Gasteiger partial charge in [0.25, 0.3) is 8.32 Å². The molecule has 4 aromatic rings. The molecular formula is C36H41Br2NO3Si. The molecule has 0 aliphatic rings. The smallest absolute Gasteiger partial charge is 0.415 e. The van der Waals surface area contributed by atoms with E-state index in [0.29, 0.717) is 13.2 Å². The number of rotatable bonds is 9. The molecule has 7 heteroatoms. The van der Waals surface area contributed by atoms with Gasteiger partial charge < -0.3 is 9.16 Å². The molecule has 43 heavy (non-hydrogen) atoms. The zero-order chi connectivity index (χ0) is 31.3. The van der Waals surface area contributed by atoms with Crippen molar-refractivity contribution >= 4 is 62.3 Å². The van der Waals surface area contributed by atoms with Gasteiger partial charge in [0.2, 0.25) is 0 Å². The van der Waals surface area contributed by atoms with Crippen molar-refractivity contribution in [3.05, 3.63) is 124 Å². The lowest BCUT2D eigenvalue weighted by Gasteiger charge is -2.43. The number of hydrogen-bond donors (Lipinski definition) is 0. The van der Waals surface area contributed by atoms with Gasteiger partial charge in [-0.2, -0.15) is 0 Å². The molecule has 0 unspecified atom stereocenters. The monoisotopic (exact) mass is 721 g/mol. The zero-order valence-corrected chi connectivity index (χ0v) is 30.0. The largest absolute Gasteiger partial charge is 0.443 e. The normalized spacial score (nSPS) is 12.2. The van der Waals surface area contributed by atoms with Gasteiger partial charge in [-0.3, -0.25) is 4.90 Å². The molecule has 0 saturated carbocycles. The molecule has 0 saturated heterocycles. The first-order valence-corrected chi connectivity index (χ1v) is 18.3. The molecule has 0 atom stereocenters. The van der Waals surface area contributed by atoms with E-state index in [1.807, 2.05) is 45.0 Å². The summed E-state index contributed by atoms with van der Waals surface area (Å²) in [5.74, 6) is 0.